The maximum Gasteiger partial charge on any atom is 0.238 e. The molecule has 2 N–H and O–H groups in total. The lowest BCUT2D eigenvalue weighted by molar-refractivity contribution is -0.119. The fraction of sp³-hybridized carbons (Fsp3) is 0.750. The van der Waals surface area contributed by atoms with E-state index in [9.17, 15) is 4.79 Å². The van der Waals surface area contributed by atoms with E-state index in [1.54, 1.807) is 13.8 Å². The first-order valence-electron chi connectivity index (χ1n) is 1.93. The molecule has 0 aromatic rings. The lowest BCUT2D eigenvalue weighted by atomic mass is 10.2. The Bertz CT molecular complexity index is 84.2. The largest absolute Gasteiger partial charge is 0.368 e. The zero-order chi connectivity index (χ0) is 6.08. The highest BCUT2D eigenvalue weighted by atomic mass is 35.5. The summed E-state index contributed by atoms with van der Waals surface area (Å²) < 4.78 is 0. The highest BCUT2D eigenvalue weighted by molar-refractivity contribution is 6.33. The number of nitrogens with two attached hydrogens (primary N) is 1. The summed E-state index contributed by atoms with van der Waals surface area (Å²) in [5, 5.41) is 0. The van der Waals surface area contributed by atoms with Crippen molar-refractivity contribution in [2.75, 3.05) is 0 Å². The Labute approximate surface area is 47.6 Å². The van der Waals surface area contributed by atoms with Crippen LogP contribution in [0.5, 0.6) is 0 Å². The standard InChI is InChI=1S/C4H8ClNO/c1-4(2,5)3(6)7/h1-2H3,(H2,6,7). The molecule has 0 saturated heterocycles. The van der Waals surface area contributed by atoms with Crippen molar-refractivity contribution in [2.45, 2.75) is 18.7 Å². The number of primary amides is 1. The van der Waals surface area contributed by atoms with E-state index in [1.807, 2.05) is 0 Å². The van der Waals surface area contributed by atoms with Crippen molar-refractivity contribution >= 4 is 17.5 Å². The van der Waals surface area contributed by atoms with Crippen LogP contribution >= 0.6 is 11.6 Å². The third-order valence-corrected chi connectivity index (χ3v) is 0.772. The second kappa shape index (κ2) is 1.70. The third-order valence-electron chi connectivity index (χ3n) is 0.586. The number of carbonyl (C=O) groups is 1. The molecular formula is C4H8ClNO. The summed E-state index contributed by atoms with van der Waals surface area (Å²) in [7, 11) is 0. The predicted molar refractivity (Wildman–Crippen MR) is 29.1 cm³/mol. The van der Waals surface area contributed by atoms with Gasteiger partial charge in [0.1, 0.15) is 4.87 Å². The second-order valence-electron chi connectivity index (χ2n) is 1.84. The minimum Gasteiger partial charge on any atom is -0.368 e. The topological polar surface area (TPSA) is 43.1 Å². The SMILES string of the molecule is CC(C)(Cl)C(N)=O. The smallest absolute Gasteiger partial charge is 0.238 e. The quantitative estimate of drug-likeness (QED) is 0.504. The van der Waals surface area contributed by atoms with Crippen LogP contribution < -0.4 is 5.73 Å². The van der Waals surface area contributed by atoms with E-state index in [2.05, 4.69) is 0 Å². The fourth-order valence-electron chi connectivity index (χ4n) is 0. The molecular weight excluding hydrogens is 114 g/mol. The van der Waals surface area contributed by atoms with Crippen LogP contribution in [0.15, 0.2) is 0 Å². The molecule has 7 heavy (non-hydrogen) atoms. The van der Waals surface area contributed by atoms with Crippen molar-refractivity contribution in [1.29, 1.82) is 0 Å². The van der Waals surface area contributed by atoms with Gasteiger partial charge in [-0.05, 0) is 13.8 Å². The number of alkyl halides is 1. The van der Waals surface area contributed by atoms with E-state index < -0.39 is 10.8 Å². The number of rotatable bonds is 1. The maximum absolute atomic E-state index is 10.1. The second-order valence-corrected chi connectivity index (χ2v) is 2.78. The Morgan fingerprint density at radius 3 is 1.86 bits per heavy atom. The van der Waals surface area contributed by atoms with Crippen LogP contribution in [0.4, 0.5) is 0 Å². The average Bonchev–Trinajstić information content (AvgIpc) is 1.31. The van der Waals surface area contributed by atoms with Crippen LogP contribution in [0.2, 0.25) is 0 Å². The molecule has 0 fully saturated rings. The fourth-order valence-corrected chi connectivity index (χ4v) is 0. The van der Waals surface area contributed by atoms with Crippen molar-refractivity contribution in [3.63, 3.8) is 0 Å². The van der Waals surface area contributed by atoms with Crippen LogP contribution in [0.3, 0.4) is 0 Å². The van der Waals surface area contributed by atoms with Crippen molar-refractivity contribution in [3.8, 4) is 0 Å². The zero-order valence-corrected chi connectivity index (χ0v) is 5.12. The van der Waals surface area contributed by atoms with Gasteiger partial charge >= 0.3 is 0 Å². The van der Waals surface area contributed by atoms with Gasteiger partial charge in [0.2, 0.25) is 5.91 Å². The van der Waals surface area contributed by atoms with Gasteiger partial charge in [0.25, 0.3) is 0 Å². The van der Waals surface area contributed by atoms with Gasteiger partial charge in [0, 0.05) is 0 Å². The summed E-state index contributed by atoms with van der Waals surface area (Å²) in [6.45, 7) is 3.10. The molecule has 2 nitrogen and oxygen atoms in total. The number of carbonyl (C=O) groups excluding carboxylic acids is 1. The molecule has 0 heterocycles. The molecule has 0 unspecified atom stereocenters. The normalized spacial score (nSPS) is 11.3. The van der Waals surface area contributed by atoms with Crippen molar-refractivity contribution < 1.29 is 4.79 Å². The lowest BCUT2D eigenvalue weighted by Gasteiger charge is -2.07. The number of halogens is 1. The summed E-state index contributed by atoms with van der Waals surface area (Å²) in [6, 6.07) is 0. The van der Waals surface area contributed by atoms with Crippen molar-refractivity contribution in [3.05, 3.63) is 0 Å². The average molecular weight is 122 g/mol. The van der Waals surface area contributed by atoms with Crippen LogP contribution in [0.25, 0.3) is 0 Å². The molecule has 3 heteroatoms. The van der Waals surface area contributed by atoms with Crippen molar-refractivity contribution in [1.82, 2.24) is 0 Å². The highest BCUT2D eigenvalue weighted by Crippen LogP contribution is 2.09. The van der Waals surface area contributed by atoms with Crippen LogP contribution in [0.1, 0.15) is 13.8 Å². The minimum absolute atomic E-state index is 0.492. The summed E-state index contributed by atoms with van der Waals surface area (Å²) in [6.07, 6.45) is 0. The number of hydrogen-bond donors (Lipinski definition) is 1. The summed E-state index contributed by atoms with van der Waals surface area (Å²) in [4.78, 5) is 9.22. The van der Waals surface area contributed by atoms with Crippen molar-refractivity contribution in [2.24, 2.45) is 5.73 Å². The molecule has 1 amide bonds. The van der Waals surface area contributed by atoms with E-state index in [0.29, 0.717) is 0 Å². The number of hydrogen-bond acceptors (Lipinski definition) is 1. The molecule has 0 aliphatic heterocycles. The van der Waals surface area contributed by atoms with Gasteiger partial charge in [-0.25, -0.2) is 0 Å². The van der Waals surface area contributed by atoms with Gasteiger partial charge in [0.15, 0.2) is 0 Å². The van der Waals surface area contributed by atoms with E-state index in [0.717, 1.165) is 0 Å². The summed E-state index contributed by atoms with van der Waals surface area (Å²) in [5.41, 5.74) is 4.80. The minimum atomic E-state index is -0.889. The van der Waals surface area contributed by atoms with Gasteiger partial charge in [-0.3, -0.25) is 4.79 Å². The molecule has 0 aliphatic carbocycles. The van der Waals surface area contributed by atoms with Gasteiger partial charge in [-0.15, -0.1) is 11.6 Å². The molecule has 0 spiro atoms. The van der Waals surface area contributed by atoms with E-state index in [1.165, 1.54) is 0 Å². The Hall–Kier alpha value is -0.240. The van der Waals surface area contributed by atoms with Gasteiger partial charge in [-0.2, -0.15) is 0 Å². The van der Waals surface area contributed by atoms with E-state index in [-0.39, 0.29) is 0 Å². The Balaban J connectivity index is 3.79. The molecule has 0 saturated carbocycles. The Morgan fingerprint density at radius 2 is 1.86 bits per heavy atom. The molecule has 0 aromatic heterocycles. The first kappa shape index (κ1) is 6.76. The lowest BCUT2D eigenvalue weighted by Crippen LogP contribution is -2.32. The molecule has 0 rings (SSSR count). The predicted octanol–water partition coefficient (Wildman–Crippen LogP) is 0.489. The van der Waals surface area contributed by atoms with Crippen LogP contribution in [-0.2, 0) is 4.79 Å². The molecule has 0 atom stereocenters. The van der Waals surface area contributed by atoms with Gasteiger partial charge in [0.05, 0.1) is 0 Å². The van der Waals surface area contributed by atoms with Crippen LogP contribution in [0, 0.1) is 0 Å². The van der Waals surface area contributed by atoms with E-state index in [4.69, 9.17) is 17.3 Å². The Kier molecular flexibility index (Phi) is 1.64. The Morgan fingerprint density at radius 1 is 1.71 bits per heavy atom. The monoisotopic (exact) mass is 121 g/mol. The van der Waals surface area contributed by atoms with E-state index >= 15 is 0 Å². The molecule has 0 aliphatic rings. The highest BCUT2D eigenvalue weighted by Gasteiger charge is 2.19. The molecule has 0 bridgehead atoms. The number of amides is 1. The molecule has 0 aromatic carbocycles. The molecule has 42 valence electrons. The maximum atomic E-state index is 10.1. The summed E-state index contributed by atoms with van der Waals surface area (Å²) >= 11 is 5.39. The first-order chi connectivity index (χ1) is 2.94. The zero-order valence-electron chi connectivity index (χ0n) is 4.36. The van der Waals surface area contributed by atoms with Gasteiger partial charge < -0.3 is 5.73 Å². The molecule has 0 radical (unpaired) electrons. The van der Waals surface area contributed by atoms with Crippen LogP contribution in [-0.4, -0.2) is 10.8 Å². The third kappa shape index (κ3) is 2.45. The van der Waals surface area contributed by atoms with Gasteiger partial charge in [-0.1, -0.05) is 0 Å². The first-order valence-corrected chi connectivity index (χ1v) is 2.31. The summed E-state index contributed by atoms with van der Waals surface area (Å²) in [5.74, 6) is -0.492.